The summed E-state index contributed by atoms with van der Waals surface area (Å²) in [4.78, 5) is 13.3. The Morgan fingerprint density at radius 2 is 1.00 bits per heavy atom. The average molecular weight is 346 g/mol. The normalized spacial score (nSPS) is 11.2. The summed E-state index contributed by atoms with van der Waals surface area (Å²) < 4.78 is 0. The first kappa shape index (κ1) is 18.2. The maximum Gasteiger partial charge on any atom is 0.0543 e. The second kappa shape index (κ2) is 9.22. The topological polar surface area (TPSA) is 32.3 Å². The fraction of sp³-hybridized carbons (Fsp3) is 0.273. The summed E-state index contributed by atoms with van der Waals surface area (Å²) in [6, 6.07) is 21.0. The molecule has 1 aromatic carbocycles. The first-order valence-corrected chi connectivity index (χ1v) is 8.94. The van der Waals surface area contributed by atoms with Gasteiger partial charge in [0.2, 0.25) is 0 Å². The Balaban J connectivity index is 1.50. The molecule has 26 heavy (non-hydrogen) atoms. The van der Waals surface area contributed by atoms with Crippen LogP contribution in [-0.4, -0.2) is 33.9 Å². The molecule has 0 amide bonds. The van der Waals surface area contributed by atoms with E-state index in [0.717, 1.165) is 37.6 Å². The average Bonchev–Trinajstić information content (AvgIpc) is 2.65. The van der Waals surface area contributed by atoms with Crippen molar-refractivity contribution in [1.82, 2.24) is 19.8 Å². The van der Waals surface area contributed by atoms with Crippen LogP contribution in [0.4, 0.5) is 0 Å². The molecule has 3 rings (SSSR count). The molecule has 0 aliphatic carbocycles. The van der Waals surface area contributed by atoms with Crippen molar-refractivity contribution in [2.45, 2.75) is 26.2 Å². The van der Waals surface area contributed by atoms with Crippen LogP contribution >= 0.6 is 0 Å². The van der Waals surface area contributed by atoms with Crippen molar-refractivity contribution in [3.63, 3.8) is 0 Å². The van der Waals surface area contributed by atoms with Crippen LogP contribution in [0.5, 0.6) is 0 Å². The first-order valence-electron chi connectivity index (χ1n) is 8.94. The summed E-state index contributed by atoms with van der Waals surface area (Å²) in [6.07, 6.45) is 3.69. The third kappa shape index (κ3) is 5.76. The van der Waals surface area contributed by atoms with E-state index in [1.165, 1.54) is 11.1 Å². The number of benzene rings is 1. The summed E-state index contributed by atoms with van der Waals surface area (Å²) in [5.74, 6) is 0. The SMILES string of the molecule is CN(Cc1ccc(CN(C)Cc2ccccn2)cc1)Cc1ccccn1. The van der Waals surface area contributed by atoms with E-state index < -0.39 is 0 Å². The van der Waals surface area contributed by atoms with E-state index in [2.05, 4.69) is 70.3 Å². The standard InChI is InChI=1S/C22H26N4/c1-25(17-21-7-3-5-13-23-21)15-19-9-11-20(12-10-19)16-26(2)18-22-8-4-6-14-24-22/h3-14H,15-18H2,1-2H3. The zero-order valence-electron chi connectivity index (χ0n) is 15.5. The molecule has 0 spiro atoms. The highest BCUT2D eigenvalue weighted by atomic mass is 15.1. The molecule has 0 aliphatic heterocycles. The van der Waals surface area contributed by atoms with E-state index in [1.54, 1.807) is 0 Å². The van der Waals surface area contributed by atoms with Gasteiger partial charge in [0, 0.05) is 38.6 Å². The van der Waals surface area contributed by atoms with Crippen molar-refractivity contribution < 1.29 is 0 Å². The van der Waals surface area contributed by atoms with Gasteiger partial charge in [0.05, 0.1) is 11.4 Å². The fourth-order valence-electron chi connectivity index (χ4n) is 3.02. The highest BCUT2D eigenvalue weighted by Gasteiger charge is 2.05. The molecule has 0 radical (unpaired) electrons. The van der Waals surface area contributed by atoms with Gasteiger partial charge in [-0.3, -0.25) is 19.8 Å². The van der Waals surface area contributed by atoms with Crippen LogP contribution in [0.2, 0.25) is 0 Å². The van der Waals surface area contributed by atoms with E-state index in [9.17, 15) is 0 Å². The number of aromatic nitrogens is 2. The number of nitrogens with zero attached hydrogens (tertiary/aromatic N) is 4. The maximum absolute atomic E-state index is 4.39. The lowest BCUT2D eigenvalue weighted by atomic mass is 10.1. The minimum absolute atomic E-state index is 0.857. The zero-order valence-corrected chi connectivity index (χ0v) is 15.5. The largest absolute Gasteiger partial charge is 0.296 e. The minimum atomic E-state index is 0.857. The van der Waals surface area contributed by atoms with Gasteiger partial charge in [0.25, 0.3) is 0 Å². The Hall–Kier alpha value is -2.56. The monoisotopic (exact) mass is 346 g/mol. The van der Waals surface area contributed by atoms with Crippen LogP contribution < -0.4 is 0 Å². The first-order chi connectivity index (χ1) is 12.7. The van der Waals surface area contributed by atoms with E-state index in [4.69, 9.17) is 0 Å². The molecular weight excluding hydrogens is 320 g/mol. The molecule has 3 aromatic rings. The molecule has 0 fully saturated rings. The van der Waals surface area contributed by atoms with Crippen LogP contribution in [0.25, 0.3) is 0 Å². The maximum atomic E-state index is 4.39. The van der Waals surface area contributed by atoms with Crippen molar-refractivity contribution in [1.29, 1.82) is 0 Å². The molecule has 0 bridgehead atoms. The summed E-state index contributed by atoms with van der Waals surface area (Å²) in [5.41, 5.74) is 4.84. The van der Waals surface area contributed by atoms with Crippen molar-refractivity contribution >= 4 is 0 Å². The van der Waals surface area contributed by atoms with E-state index in [0.29, 0.717) is 0 Å². The quantitative estimate of drug-likeness (QED) is 0.622. The van der Waals surface area contributed by atoms with Crippen LogP contribution in [0, 0.1) is 0 Å². The van der Waals surface area contributed by atoms with Gasteiger partial charge in [-0.1, -0.05) is 36.4 Å². The van der Waals surface area contributed by atoms with Gasteiger partial charge in [-0.05, 0) is 49.5 Å². The van der Waals surface area contributed by atoms with Gasteiger partial charge in [-0.25, -0.2) is 0 Å². The lowest BCUT2D eigenvalue weighted by Crippen LogP contribution is -2.19. The number of hydrogen-bond acceptors (Lipinski definition) is 4. The molecule has 0 saturated heterocycles. The van der Waals surface area contributed by atoms with Crippen LogP contribution in [0.3, 0.4) is 0 Å². The number of pyridine rings is 2. The molecule has 4 nitrogen and oxygen atoms in total. The highest BCUT2D eigenvalue weighted by Crippen LogP contribution is 2.11. The smallest absolute Gasteiger partial charge is 0.0543 e. The molecule has 4 heteroatoms. The van der Waals surface area contributed by atoms with Crippen molar-refractivity contribution in [3.05, 3.63) is 95.6 Å². The molecule has 2 aromatic heterocycles. The van der Waals surface area contributed by atoms with Crippen LogP contribution in [0.1, 0.15) is 22.5 Å². The lowest BCUT2D eigenvalue weighted by molar-refractivity contribution is 0.312. The van der Waals surface area contributed by atoms with Gasteiger partial charge in [0.1, 0.15) is 0 Å². The van der Waals surface area contributed by atoms with Gasteiger partial charge < -0.3 is 0 Å². The minimum Gasteiger partial charge on any atom is -0.296 e. The van der Waals surface area contributed by atoms with Crippen molar-refractivity contribution in [2.24, 2.45) is 0 Å². The Morgan fingerprint density at radius 1 is 0.577 bits per heavy atom. The van der Waals surface area contributed by atoms with Gasteiger partial charge in [-0.15, -0.1) is 0 Å². The third-order valence-corrected chi connectivity index (χ3v) is 4.24. The Morgan fingerprint density at radius 3 is 1.35 bits per heavy atom. The third-order valence-electron chi connectivity index (χ3n) is 4.24. The second-order valence-corrected chi connectivity index (χ2v) is 6.80. The van der Waals surface area contributed by atoms with E-state index in [1.807, 2.05) is 36.7 Å². The summed E-state index contributed by atoms with van der Waals surface area (Å²) >= 11 is 0. The van der Waals surface area contributed by atoms with Crippen molar-refractivity contribution in [3.8, 4) is 0 Å². The lowest BCUT2D eigenvalue weighted by Gasteiger charge is -2.18. The van der Waals surface area contributed by atoms with E-state index >= 15 is 0 Å². The predicted molar refractivity (Wildman–Crippen MR) is 105 cm³/mol. The molecule has 0 atom stereocenters. The second-order valence-electron chi connectivity index (χ2n) is 6.80. The zero-order chi connectivity index (χ0) is 18.2. The molecule has 2 heterocycles. The fourth-order valence-corrected chi connectivity index (χ4v) is 3.02. The molecular formula is C22H26N4. The summed E-state index contributed by atoms with van der Waals surface area (Å²) in [7, 11) is 4.26. The van der Waals surface area contributed by atoms with Gasteiger partial charge in [0.15, 0.2) is 0 Å². The number of hydrogen-bond donors (Lipinski definition) is 0. The highest BCUT2D eigenvalue weighted by molar-refractivity contribution is 5.22. The van der Waals surface area contributed by atoms with Gasteiger partial charge >= 0.3 is 0 Å². The van der Waals surface area contributed by atoms with Crippen molar-refractivity contribution in [2.75, 3.05) is 14.1 Å². The molecule has 0 saturated carbocycles. The van der Waals surface area contributed by atoms with Crippen LogP contribution in [-0.2, 0) is 26.2 Å². The Kier molecular flexibility index (Phi) is 6.47. The van der Waals surface area contributed by atoms with Gasteiger partial charge in [-0.2, -0.15) is 0 Å². The Bertz CT molecular complexity index is 704. The summed E-state index contributed by atoms with van der Waals surface area (Å²) in [6.45, 7) is 3.55. The summed E-state index contributed by atoms with van der Waals surface area (Å²) in [5, 5.41) is 0. The van der Waals surface area contributed by atoms with E-state index in [-0.39, 0.29) is 0 Å². The van der Waals surface area contributed by atoms with Crippen LogP contribution in [0.15, 0.2) is 73.1 Å². The Labute approximate surface area is 156 Å². The predicted octanol–water partition coefficient (Wildman–Crippen LogP) is 3.74. The molecule has 134 valence electrons. The molecule has 0 unspecified atom stereocenters. The molecule has 0 N–H and O–H groups in total. The number of rotatable bonds is 8. The molecule has 0 aliphatic rings.